The maximum absolute atomic E-state index is 11.5. The van der Waals surface area contributed by atoms with Crippen LogP contribution in [-0.4, -0.2) is 17.1 Å². The van der Waals surface area contributed by atoms with E-state index in [4.69, 9.17) is 0 Å². The van der Waals surface area contributed by atoms with Crippen LogP contribution >= 0.6 is 0 Å². The Morgan fingerprint density at radius 2 is 1.84 bits per heavy atom. The normalized spacial score (nSPS) is 19.8. The van der Waals surface area contributed by atoms with E-state index in [1.807, 2.05) is 30.3 Å². The zero-order valence-corrected chi connectivity index (χ0v) is 11.5. The van der Waals surface area contributed by atoms with Crippen molar-refractivity contribution < 1.29 is 9.90 Å². The molecule has 1 aromatic carbocycles. The van der Waals surface area contributed by atoms with Gasteiger partial charge >= 0.3 is 5.97 Å². The smallest absolute Gasteiger partial charge is 0.325 e. The zero-order valence-electron chi connectivity index (χ0n) is 11.5. The van der Waals surface area contributed by atoms with Crippen molar-refractivity contribution in [2.24, 2.45) is 5.92 Å². The van der Waals surface area contributed by atoms with Gasteiger partial charge in [0.15, 0.2) is 0 Å². The Morgan fingerprint density at radius 3 is 2.42 bits per heavy atom. The highest BCUT2D eigenvalue weighted by Crippen LogP contribution is 2.27. The lowest BCUT2D eigenvalue weighted by Crippen LogP contribution is -2.40. The van der Waals surface area contributed by atoms with Crippen molar-refractivity contribution in [3.63, 3.8) is 0 Å². The predicted molar refractivity (Wildman–Crippen MR) is 76.0 cm³/mol. The van der Waals surface area contributed by atoms with Gasteiger partial charge in [-0.1, -0.05) is 49.6 Å². The van der Waals surface area contributed by atoms with Crippen LogP contribution in [0, 0.1) is 5.92 Å². The topological polar surface area (TPSA) is 49.3 Å². The largest absolute Gasteiger partial charge is 0.480 e. The summed E-state index contributed by atoms with van der Waals surface area (Å²) >= 11 is 0. The molecular weight excluding hydrogens is 238 g/mol. The van der Waals surface area contributed by atoms with Crippen LogP contribution in [-0.2, 0) is 4.79 Å². The van der Waals surface area contributed by atoms with Crippen molar-refractivity contribution in [3.8, 4) is 0 Å². The quantitative estimate of drug-likeness (QED) is 0.854. The van der Waals surface area contributed by atoms with Crippen molar-refractivity contribution in [3.05, 3.63) is 35.9 Å². The van der Waals surface area contributed by atoms with E-state index in [1.165, 1.54) is 32.1 Å². The number of carbonyl (C=O) groups is 1. The molecule has 2 atom stereocenters. The third-order valence-electron chi connectivity index (χ3n) is 4.17. The number of carboxylic acids is 1. The van der Waals surface area contributed by atoms with Crippen LogP contribution in [0.2, 0.25) is 0 Å². The Balaban J connectivity index is 2.02. The number of hydrogen-bond acceptors (Lipinski definition) is 2. The summed E-state index contributed by atoms with van der Waals surface area (Å²) in [5.74, 6) is -0.187. The molecule has 0 saturated heterocycles. The van der Waals surface area contributed by atoms with Gasteiger partial charge in [-0.2, -0.15) is 0 Å². The Labute approximate surface area is 115 Å². The Kier molecular flexibility index (Phi) is 4.97. The number of aliphatic carboxylic acids is 1. The highest BCUT2D eigenvalue weighted by molar-refractivity contribution is 5.75. The summed E-state index contributed by atoms with van der Waals surface area (Å²) in [6, 6.07) is 9.09. The van der Waals surface area contributed by atoms with Gasteiger partial charge in [0, 0.05) is 6.04 Å². The van der Waals surface area contributed by atoms with Crippen LogP contribution in [0.3, 0.4) is 0 Å². The van der Waals surface area contributed by atoms with E-state index in [-0.39, 0.29) is 6.04 Å². The number of carboxylic acid groups (broad SMARTS) is 1. The first kappa shape index (κ1) is 14.1. The van der Waals surface area contributed by atoms with E-state index in [9.17, 15) is 9.90 Å². The van der Waals surface area contributed by atoms with E-state index >= 15 is 0 Å². The lowest BCUT2D eigenvalue weighted by atomic mass is 9.84. The predicted octanol–water partition coefficient (Wildman–Crippen LogP) is 3.37. The molecule has 0 radical (unpaired) electrons. The molecule has 104 valence electrons. The Bertz CT molecular complexity index is 398. The molecule has 2 unspecified atom stereocenters. The number of rotatable bonds is 5. The van der Waals surface area contributed by atoms with E-state index in [0.717, 1.165) is 5.56 Å². The van der Waals surface area contributed by atoms with Gasteiger partial charge in [-0.15, -0.1) is 0 Å². The number of benzene rings is 1. The summed E-state index contributed by atoms with van der Waals surface area (Å²) in [5.41, 5.74) is 0.831. The summed E-state index contributed by atoms with van der Waals surface area (Å²) in [6.45, 7) is 2.12. The van der Waals surface area contributed by atoms with Crippen LogP contribution in [0.4, 0.5) is 0 Å². The molecule has 1 aliphatic rings. The molecule has 3 nitrogen and oxygen atoms in total. The van der Waals surface area contributed by atoms with Crippen LogP contribution in [0.1, 0.15) is 50.6 Å². The summed E-state index contributed by atoms with van der Waals surface area (Å²) in [4.78, 5) is 11.5. The molecular formula is C16H23NO2. The second-order valence-corrected chi connectivity index (χ2v) is 5.54. The molecule has 1 aliphatic carbocycles. The van der Waals surface area contributed by atoms with E-state index in [0.29, 0.717) is 5.92 Å². The van der Waals surface area contributed by atoms with Crippen LogP contribution in [0.15, 0.2) is 30.3 Å². The van der Waals surface area contributed by atoms with Crippen molar-refractivity contribution >= 4 is 5.97 Å². The maximum atomic E-state index is 11.5. The molecule has 2 rings (SSSR count). The fourth-order valence-electron chi connectivity index (χ4n) is 2.99. The molecule has 2 N–H and O–H groups in total. The van der Waals surface area contributed by atoms with Crippen molar-refractivity contribution in [2.75, 3.05) is 0 Å². The second-order valence-electron chi connectivity index (χ2n) is 5.54. The number of nitrogens with one attached hydrogen (secondary N) is 1. The summed E-state index contributed by atoms with van der Waals surface area (Å²) < 4.78 is 0. The molecule has 0 amide bonds. The molecule has 0 aliphatic heterocycles. The fourth-order valence-corrected chi connectivity index (χ4v) is 2.99. The minimum atomic E-state index is -0.797. The Morgan fingerprint density at radius 1 is 1.21 bits per heavy atom. The van der Waals surface area contributed by atoms with Gasteiger partial charge < -0.3 is 5.11 Å². The van der Waals surface area contributed by atoms with Gasteiger partial charge in [0.25, 0.3) is 0 Å². The van der Waals surface area contributed by atoms with E-state index in [1.54, 1.807) is 0 Å². The summed E-state index contributed by atoms with van der Waals surface area (Å²) in [5, 5.41) is 12.7. The van der Waals surface area contributed by atoms with Gasteiger partial charge in [-0.3, -0.25) is 10.1 Å². The van der Waals surface area contributed by atoms with Gasteiger partial charge in [0.05, 0.1) is 0 Å². The molecule has 3 heteroatoms. The number of hydrogen-bond donors (Lipinski definition) is 2. The fraction of sp³-hybridized carbons (Fsp3) is 0.562. The second kappa shape index (κ2) is 6.71. The van der Waals surface area contributed by atoms with Gasteiger partial charge in [-0.25, -0.2) is 0 Å². The average molecular weight is 261 g/mol. The first-order chi connectivity index (χ1) is 9.18. The summed E-state index contributed by atoms with van der Waals surface area (Å²) in [7, 11) is 0. The molecule has 1 saturated carbocycles. The zero-order chi connectivity index (χ0) is 13.7. The highest BCUT2D eigenvalue weighted by Gasteiger charge is 2.26. The van der Waals surface area contributed by atoms with Gasteiger partial charge in [0.1, 0.15) is 6.04 Å². The average Bonchev–Trinajstić information content (AvgIpc) is 2.46. The minimum absolute atomic E-state index is 0.251. The first-order valence-corrected chi connectivity index (χ1v) is 7.22. The highest BCUT2D eigenvalue weighted by atomic mass is 16.4. The first-order valence-electron chi connectivity index (χ1n) is 7.22. The molecule has 0 spiro atoms. The molecule has 0 heterocycles. The monoisotopic (exact) mass is 261 g/mol. The van der Waals surface area contributed by atoms with E-state index < -0.39 is 12.0 Å². The van der Waals surface area contributed by atoms with E-state index in [2.05, 4.69) is 12.2 Å². The third-order valence-corrected chi connectivity index (χ3v) is 4.17. The minimum Gasteiger partial charge on any atom is -0.480 e. The lowest BCUT2D eigenvalue weighted by molar-refractivity contribution is -0.140. The SMILES string of the molecule is CC(NC(C(=O)O)c1ccccc1)C1CCCCC1. The lowest BCUT2D eigenvalue weighted by Gasteiger charge is -2.30. The van der Waals surface area contributed by atoms with Crippen molar-refractivity contribution in [1.29, 1.82) is 0 Å². The van der Waals surface area contributed by atoms with Gasteiger partial charge in [-0.05, 0) is 31.2 Å². The molecule has 1 fully saturated rings. The maximum Gasteiger partial charge on any atom is 0.325 e. The van der Waals surface area contributed by atoms with Gasteiger partial charge in [0.2, 0.25) is 0 Å². The molecule has 19 heavy (non-hydrogen) atoms. The third kappa shape index (κ3) is 3.80. The Hall–Kier alpha value is -1.35. The van der Waals surface area contributed by atoms with Crippen LogP contribution < -0.4 is 5.32 Å². The summed E-state index contributed by atoms with van der Waals surface area (Å²) in [6.07, 6.45) is 6.31. The van der Waals surface area contributed by atoms with Crippen molar-refractivity contribution in [1.82, 2.24) is 5.32 Å². The molecule has 0 aromatic heterocycles. The van der Waals surface area contributed by atoms with Crippen LogP contribution in [0.5, 0.6) is 0 Å². The van der Waals surface area contributed by atoms with Crippen molar-refractivity contribution in [2.45, 2.75) is 51.1 Å². The standard InChI is InChI=1S/C16H23NO2/c1-12(13-8-4-2-5-9-13)17-15(16(18)19)14-10-6-3-7-11-14/h3,6-7,10-13,15,17H,2,4-5,8-9H2,1H3,(H,18,19). The molecule has 0 bridgehead atoms. The molecule has 1 aromatic rings. The van der Waals surface area contributed by atoms with Crippen LogP contribution in [0.25, 0.3) is 0 Å².